The number of aromatic nitrogens is 5. The Bertz CT molecular complexity index is 1330. The number of carbonyl (C=O) groups is 2. The number of nitrogen functional groups attached to an aromatic ring is 1. The van der Waals surface area contributed by atoms with Gasteiger partial charge in [0.25, 0.3) is 11.8 Å². The number of nitrogens with two attached hydrogens (primary N) is 1. The molecule has 4 N–H and O–H groups in total. The lowest BCUT2D eigenvalue weighted by Gasteiger charge is -2.17. The van der Waals surface area contributed by atoms with Gasteiger partial charge in [-0.3, -0.25) is 9.59 Å². The Kier molecular flexibility index (Phi) is 5.54. The smallest absolute Gasteiger partial charge is 0.279 e. The van der Waals surface area contributed by atoms with E-state index in [2.05, 4.69) is 30.9 Å². The summed E-state index contributed by atoms with van der Waals surface area (Å²) in [6.07, 6.45) is 4.70. The number of amides is 2. The molecule has 2 amide bonds. The number of nitrogens with zero attached hydrogens (tertiary/aromatic N) is 5. The van der Waals surface area contributed by atoms with E-state index in [9.17, 15) is 9.59 Å². The van der Waals surface area contributed by atoms with Crippen molar-refractivity contribution in [3.05, 3.63) is 65.7 Å². The van der Waals surface area contributed by atoms with Gasteiger partial charge in [-0.25, -0.2) is 14.5 Å². The van der Waals surface area contributed by atoms with Crippen LogP contribution in [0.15, 0.2) is 47.4 Å². The zero-order chi connectivity index (χ0) is 23.8. The number of rotatable bonds is 5. The second kappa shape index (κ2) is 8.34. The summed E-state index contributed by atoms with van der Waals surface area (Å²) in [7, 11) is 0. The molecule has 4 aromatic heterocycles. The molecule has 0 bridgehead atoms. The molecule has 11 nitrogen and oxygen atoms in total. The van der Waals surface area contributed by atoms with E-state index < -0.39 is 11.9 Å². The molecule has 1 atom stereocenters. The van der Waals surface area contributed by atoms with Crippen molar-refractivity contribution in [2.24, 2.45) is 0 Å². The van der Waals surface area contributed by atoms with Crippen molar-refractivity contribution in [1.82, 2.24) is 30.1 Å². The Balaban J connectivity index is 1.46. The average Bonchev–Trinajstić information content (AvgIpc) is 3.42. The van der Waals surface area contributed by atoms with Crippen LogP contribution in [0.5, 0.6) is 0 Å². The van der Waals surface area contributed by atoms with E-state index in [1.807, 2.05) is 32.9 Å². The maximum Gasteiger partial charge on any atom is 0.279 e. The third-order valence-electron chi connectivity index (χ3n) is 4.93. The fraction of sp³-hybridized carbons (Fsp3) is 0.273. The Morgan fingerprint density at radius 2 is 1.97 bits per heavy atom. The number of hydrogen-bond donors (Lipinski definition) is 3. The first kappa shape index (κ1) is 21.9. The summed E-state index contributed by atoms with van der Waals surface area (Å²) >= 11 is 0. The van der Waals surface area contributed by atoms with Crippen molar-refractivity contribution in [2.45, 2.75) is 39.2 Å². The molecule has 4 aromatic rings. The molecule has 0 aliphatic rings. The fourth-order valence-corrected chi connectivity index (χ4v) is 3.08. The van der Waals surface area contributed by atoms with Crippen LogP contribution in [0.1, 0.15) is 66.2 Å². The highest BCUT2D eigenvalue weighted by Gasteiger charge is 2.23. The number of carbonyl (C=O) groups excluding carboxylic acids is 2. The number of fused-ring (bicyclic) bond motifs is 1. The summed E-state index contributed by atoms with van der Waals surface area (Å²) in [5.74, 6) is 0.178. The van der Waals surface area contributed by atoms with Crippen LogP contribution in [0.4, 0.5) is 11.5 Å². The minimum absolute atomic E-state index is 0.0254. The molecule has 1 unspecified atom stereocenters. The van der Waals surface area contributed by atoms with Crippen molar-refractivity contribution >= 4 is 28.8 Å². The van der Waals surface area contributed by atoms with Crippen LogP contribution < -0.4 is 16.4 Å². The van der Waals surface area contributed by atoms with E-state index in [-0.39, 0.29) is 28.5 Å². The third kappa shape index (κ3) is 4.52. The standard InChI is InChI=1S/C22H24N8O3/c1-12(26-19(31)13-10-25-30-8-6-5-7-16(13)30)17-9-15(29-33-17)20(32)27-18-14(23)11-24-21(28-18)22(2,3)4/h5-12H,23H2,1-4H3,(H,26,31)(H,24,27,28,32). The number of nitrogens with one attached hydrogen (secondary N) is 2. The van der Waals surface area contributed by atoms with Crippen LogP contribution in [0.25, 0.3) is 5.52 Å². The quantitative estimate of drug-likeness (QED) is 0.421. The zero-order valence-corrected chi connectivity index (χ0v) is 18.7. The largest absolute Gasteiger partial charge is 0.394 e. The van der Waals surface area contributed by atoms with Gasteiger partial charge in [-0.1, -0.05) is 32.0 Å². The molecular formula is C22H24N8O3. The lowest BCUT2D eigenvalue weighted by molar-refractivity contribution is 0.0933. The lowest BCUT2D eigenvalue weighted by Crippen LogP contribution is -2.26. The topological polar surface area (TPSA) is 153 Å². The Labute approximate surface area is 189 Å². The molecular weight excluding hydrogens is 424 g/mol. The molecule has 0 saturated carbocycles. The first-order chi connectivity index (χ1) is 15.6. The number of anilines is 2. The Hall–Kier alpha value is -4.28. The average molecular weight is 448 g/mol. The molecule has 4 heterocycles. The van der Waals surface area contributed by atoms with E-state index in [1.54, 1.807) is 23.7 Å². The molecule has 0 fully saturated rings. The number of hydrogen-bond acceptors (Lipinski definition) is 8. The predicted octanol–water partition coefficient (Wildman–Crippen LogP) is 2.74. The molecule has 0 saturated heterocycles. The van der Waals surface area contributed by atoms with E-state index >= 15 is 0 Å². The summed E-state index contributed by atoms with van der Waals surface area (Å²) in [4.78, 5) is 33.9. The summed E-state index contributed by atoms with van der Waals surface area (Å²) in [6.45, 7) is 7.59. The highest BCUT2D eigenvalue weighted by molar-refractivity contribution is 6.03. The second-order valence-corrected chi connectivity index (χ2v) is 8.60. The van der Waals surface area contributed by atoms with E-state index in [1.165, 1.54) is 18.5 Å². The highest BCUT2D eigenvalue weighted by atomic mass is 16.5. The van der Waals surface area contributed by atoms with E-state index in [4.69, 9.17) is 10.3 Å². The number of pyridine rings is 1. The summed E-state index contributed by atoms with van der Waals surface area (Å²) in [5, 5.41) is 13.4. The molecule has 11 heteroatoms. The van der Waals surface area contributed by atoms with Crippen molar-refractivity contribution < 1.29 is 14.1 Å². The summed E-state index contributed by atoms with van der Waals surface area (Å²) in [5.41, 5.74) is 6.96. The lowest BCUT2D eigenvalue weighted by atomic mass is 9.96. The van der Waals surface area contributed by atoms with Crippen LogP contribution in [0, 0.1) is 0 Å². The molecule has 0 radical (unpaired) electrons. The van der Waals surface area contributed by atoms with Crippen molar-refractivity contribution in [2.75, 3.05) is 11.1 Å². The van der Waals surface area contributed by atoms with Gasteiger partial charge in [0.2, 0.25) is 0 Å². The minimum Gasteiger partial charge on any atom is -0.394 e. The van der Waals surface area contributed by atoms with E-state index in [0.29, 0.717) is 22.7 Å². The van der Waals surface area contributed by atoms with Gasteiger partial charge in [0.15, 0.2) is 17.3 Å². The van der Waals surface area contributed by atoms with Gasteiger partial charge in [0, 0.05) is 17.7 Å². The Morgan fingerprint density at radius 3 is 2.73 bits per heavy atom. The maximum absolute atomic E-state index is 12.7. The Morgan fingerprint density at radius 1 is 1.18 bits per heavy atom. The van der Waals surface area contributed by atoms with Gasteiger partial charge < -0.3 is 20.9 Å². The van der Waals surface area contributed by atoms with Crippen molar-refractivity contribution in [3.8, 4) is 0 Å². The third-order valence-corrected chi connectivity index (χ3v) is 4.93. The molecule has 0 aliphatic carbocycles. The SMILES string of the molecule is CC(NC(=O)c1cnn2ccccc12)c1cc(C(=O)Nc2nc(C(C)(C)C)ncc2N)no1. The monoisotopic (exact) mass is 448 g/mol. The normalized spacial score (nSPS) is 12.5. The van der Waals surface area contributed by atoms with E-state index in [0.717, 1.165) is 0 Å². The van der Waals surface area contributed by atoms with Gasteiger partial charge in [-0.15, -0.1) is 0 Å². The first-order valence-electron chi connectivity index (χ1n) is 10.3. The molecule has 0 spiro atoms. The van der Waals surface area contributed by atoms with Gasteiger partial charge in [0.05, 0.1) is 35.2 Å². The van der Waals surface area contributed by atoms with Crippen LogP contribution in [-0.4, -0.2) is 36.6 Å². The predicted molar refractivity (Wildman–Crippen MR) is 121 cm³/mol. The van der Waals surface area contributed by atoms with Gasteiger partial charge in [-0.2, -0.15) is 5.10 Å². The van der Waals surface area contributed by atoms with Gasteiger partial charge in [-0.05, 0) is 19.1 Å². The highest BCUT2D eigenvalue weighted by Crippen LogP contribution is 2.23. The maximum atomic E-state index is 12.7. The first-order valence-corrected chi connectivity index (χ1v) is 10.3. The second-order valence-electron chi connectivity index (χ2n) is 8.60. The minimum atomic E-state index is -0.545. The fourth-order valence-electron chi connectivity index (χ4n) is 3.08. The summed E-state index contributed by atoms with van der Waals surface area (Å²) in [6, 6.07) is 6.37. The molecule has 0 aliphatic heterocycles. The van der Waals surface area contributed by atoms with Crippen molar-refractivity contribution in [3.63, 3.8) is 0 Å². The van der Waals surface area contributed by atoms with Crippen LogP contribution in [-0.2, 0) is 5.41 Å². The van der Waals surface area contributed by atoms with Crippen LogP contribution in [0.3, 0.4) is 0 Å². The molecule has 0 aromatic carbocycles. The molecule has 170 valence electrons. The molecule has 4 rings (SSSR count). The summed E-state index contributed by atoms with van der Waals surface area (Å²) < 4.78 is 6.90. The zero-order valence-electron chi connectivity index (χ0n) is 18.7. The van der Waals surface area contributed by atoms with Crippen LogP contribution >= 0.6 is 0 Å². The van der Waals surface area contributed by atoms with Gasteiger partial charge >= 0.3 is 0 Å². The molecule has 33 heavy (non-hydrogen) atoms. The van der Waals surface area contributed by atoms with Crippen LogP contribution in [0.2, 0.25) is 0 Å². The van der Waals surface area contributed by atoms with Crippen molar-refractivity contribution in [1.29, 1.82) is 0 Å². The van der Waals surface area contributed by atoms with Gasteiger partial charge in [0.1, 0.15) is 5.82 Å².